The normalized spacial score (nSPS) is 10.8. The highest BCUT2D eigenvalue weighted by molar-refractivity contribution is 5.90. The number of aromatic nitrogens is 5. The Morgan fingerprint density at radius 1 is 1.11 bits per heavy atom. The van der Waals surface area contributed by atoms with E-state index in [9.17, 15) is 4.79 Å². The second-order valence-corrected chi connectivity index (χ2v) is 5.92. The lowest BCUT2D eigenvalue weighted by atomic mass is 10.2. The summed E-state index contributed by atoms with van der Waals surface area (Å²) in [6.45, 7) is 2.00. The largest absolute Gasteiger partial charge is 0.457 e. The van der Waals surface area contributed by atoms with Crippen molar-refractivity contribution in [2.75, 3.05) is 0 Å². The smallest absolute Gasteiger partial charge is 0.341 e. The third-order valence-corrected chi connectivity index (χ3v) is 4.15. The van der Waals surface area contributed by atoms with Crippen LogP contribution in [0.1, 0.15) is 28.5 Å². The molecule has 0 radical (unpaired) electrons. The summed E-state index contributed by atoms with van der Waals surface area (Å²) in [4.78, 5) is 24.9. The fraction of sp³-hybridized carbons (Fsp3) is 0.150. The zero-order valence-electron chi connectivity index (χ0n) is 15.1. The van der Waals surface area contributed by atoms with E-state index < -0.39 is 5.97 Å². The third kappa shape index (κ3) is 3.52. The summed E-state index contributed by atoms with van der Waals surface area (Å²) in [5.74, 6) is 1.18. The van der Waals surface area contributed by atoms with Crippen molar-refractivity contribution in [3.63, 3.8) is 0 Å². The van der Waals surface area contributed by atoms with Gasteiger partial charge in [-0.1, -0.05) is 25.1 Å². The van der Waals surface area contributed by atoms with Crippen LogP contribution >= 0.6 is 0 Å². The number of carbonyl (C=O) groups excluding carboxylic acids is 1. The number of pyridine rings is 1. The third-order valence-electron chi connectivity index (χ3n) is 4.15. The van der Waals surface area contributed by atoms with Gasteiger partial charge in [0.1, 0.15) is 24.4 Å². The van der Waals surface area contributed by atoms with Crippen LogP contribution in [0.15, 0.2) is 61.3 Å². The molecule has 8 heteroatoms. The minimum Gasteiger partial charge on any atom is -0.457 e. The highest BCUT2D eigenvalue weighted by atomic mass is 16.5. The first-order valence-corrected chi connectivity index (χ1v) is 8.76. The van der Waals surface area contributed by atoms with Gasteiger partial charge in [0.05, 0.1) is 17.5 Å². The summed E-state index contributed by atoms with van der Waals surface area (Å²) < 4.78 is 12.9. The van der Waals surface area contributed by atoms with Crippen molar-refractivity contribution in [1.82, 2.24) is 24.6 Å². The number of rotatable bonds is 6. The first kappa shape index (κ1) is 17.6. The van der Waals surface area contributed by atoms with E-state index >= 15 is 0 Å². The molecule has 0 aliphatic heterocycles. The number of hydrogen-bond acceptors (Lipinski definition) is 7. The molecule has 1 aromatic carbocycles. The summed E-state index contributed by atoms with van der Waals surface area (Å²) in [5, 5.41) is 4.12. The lowest BCUT2D eigenvalue weighted by Gasteiger charge is -2.12. The topological polar surface area (TPSA) is 91.5 Å². The molecule has 0 saturated carbocycles. The zero-order valence-corrected chi connectivity index (χ0v) is 15.1. The maximum Gasteiger partial charge on any atom is 0.341 e. The molecule has 0 unspecified atom stereocenters. The quantitative estimate of drug-likeness (QED) is 0.478. The fourth-order valence-corrected chi connectivity index (χ4v) is 2.81. The molecule has 0 fully saturated rings. The van der Waals surface area contributed by atoms with Gasteiger partial charge in [-0.2, -0.15) is 10.1 Å². The Bertz CT molecular complexity index is 1110. The molecule has 3 heterocycles. The molecule has 4 rings (SSSR count). The van der Waals surface area contributed by atoms with Crippen LogP contribution in [-0.2, 0) is 17.8 Å². The molecule has 0 N–H and O–H groups in total. The molecule has 0 atom stereocenters. The maximum atomic E-state index is 12.7. The molecular weight excluding hydrogens is 358 g/mol. The molecule has 28 heavy (non-hydrogen) atoms. The predicted molar refractivity (Wildman–Crippen MR) is 100 cm³/mol. The molecule has 0 aliphatic carbocycles. The number of nitrogens with zero attached hydrogens (tertiary/aromatic N) is 5. The lowest BCUT2D eigenvalue weighted by Crippen LogP contribution is -2.13. The predicted octanol–water partition coefficient (Wildman–Crippen LogP) is 3.23. The average molecular weight is 375 g/mol. The van der Waals surface area contributed by atoms with E-state index in [-0.39, 0.29) is 6.61 Å². The summed E-state index contributed by atoms with van der Waals surface area (Å²) in [6.07, 6.45) is 6.76. The van der Waals surface area contributed by atoms with Crippen LogP contribution in [0, 0.1) is 0 Å². The van der Waals surface area contributed by atoms with Crippen molar-refractivity contribution in [2.45, 2.75) is 20.0 Å². The SMILES string of the molecule is CCc1c(C(=O)OCc2ccccc2Oc2cccnc2)cnc2ncnn12. The highest BCUT2D eigenvalue weighted by Gasteiger charge is 2.18. The number of hydrogen-bond donors (Lipinski definition) is 0. The molecule has 8 nitrogen and oxygen atoms in total. The second-order valence-electron chi connectivity index (χ2n) is 5.92. The summed E-state index contributed by atoms with van der Waals surface area (Å²) in [6, 6.07) is 11.0. The van der Waals surface area contributed by atoms with Gasteiger partial charge in [0.2, 0.25) is 0 Å². The van der Waals surface area contributed by atoms with Crippen molar-refractivity contribution < 1.29 is 14.3 Å². The van der Waals surface area contributed by atoms with Gasteiger partial charge in [-0.25, -0.2) is 14.3 Å². The molecule has 3 aromatic heterocycles. The Labute approximate surface area is 160 Å². The van der Waals surface area contributed by atoms with Gasteiger partial charge < -0.3 is 9.47 Å². The van der Waals surface area contributed by atoms with Crippen molar-refractivity contribution >= 4 is 11.7 Å². The zero-order chi connectivity index (χ0) is 19.3. The number of benzene rings is 1. The highest BCUT2D eigenvalue weighted by Crippen LogP contribution is 2.25. The summed E-state index contributed by atoms with van der Waals surface area (Å²) in [7, 11) is 0. The van der Waals surface area contributed by atoms with E-state index in [1.165, 1.54) is 12.5 Å². The Balaban J connectivity index is 1.53. The minimum absolute atomic E-state index is 0.0633. The molecule has 0 saturated heterocycles. The van der Waals surface area contributed by atoms with E-state index in [2.05, 4.69) is 20.1 Å². The van der Waals surface area contributed by atoms with Crippen LogP contribution in [0.4, 0.5) is 0 Å². The number of ether oxygens (including phenoxy) is 2. The van der Waals surface area contributed by atoms with E-state index in [4.69, 9.17) is 9.47 Å². The Morgan fingerprint density at radius 2 is 2.00 bits per heavy atom. The number of para-hydroxylation sites is 1. The van der Waals surface area contributed by atoms with E-state index in [1.54, 1.807) is 23.0 Å². The number of aryl methyl sites for hydroxylation is 1. The van der Waals surface area contributed by atoms with Crippen LogP contribution in [0.3, 0.4) is 0 Å². The standard InChI is InChI=1S/C20H17N5O3/c1-2-17-16(11-22-20-23-13-24-25(17)20)19(26)27-12-14-6-3-4-8-18(14)28-15-7-5-9-21-10-15/h3-11,13H,2,12H2,1H3. The van der Waals surface area contributed by atoms with Gasteiger partial charge in [0.25, 0.3) is 5.78 Å². The van der Waals surface area contributed by atoms with Gasteiger partial charge in [0, 0.05) is 18.0 Å². The van der Waals surface area contributed by atoms with Crippen molar-refractivity contribution in [3.05, 3.63) is 78.1 Å². The maximum absolute atomic E-state index is 12.7. The lowest BCUT2D eigenvalue weighted by molar-refractivity contribution is 0.0468. The van der Waals surface area contributed by atoms with Crippen LogP contribution in [-0.4, -0.2) is 30.5 Å². The Hall–Kier alpha value is -3.81. The molecule has 4 aromatic rings. The molecule has 0 spiro atoms. The first-order chi connectivity index (χ1) is 13.8. The van der Waals surface area contributed by atoms with E-state index in [0.29, 0.717) is 35.0 Å². The Kier molecular flexibility index (Phi) is 4.92. The van der Waals surface area contributed by atoms with Crippen LogP contribution in [0.2, 0.25) is 0 Å². The molecule has 0 aliphatic rings. The van der Waals surface area contributed by atoms with E-state index in [1.807, 2.05) is 37.3 Å². The van der Waals surface area contributed by atoms with Crippen LogP contribution in [0.25, 0.3) is 5.78 Å². The second kappa shape index (κ2) is 7.83. The van der Waals surface area contributed by atoms with Crippen molar-refractivity contribution in [1.29, 1.82) is 0 Å². The van der Waals surface area contributed by atoms with Gasteiger partial charge in [-0.15, -0.1) is 0 Å². The molecule has 0 bridgehead atoms. The van der Waals surface area contributed by atoms with E-state index in [0.717, 1.165) is 5.56 Å². The number of esters is 1. The number of carbonyl (C=O) groups is 1. The number of fused-ring (bicyclic) bond motifs is 1. The van der Waals surface area contributed by atoms with Crippen molar-refractivity contribution in [2.24, 2.45) is 0 Å². The van der Waals surface area contributed by atoms with Gasteiger partial charge >= 0.3 is 5.97 Å². The summed E-state index contributed by atoms with van der Waals surface area (Å²) >= 11 is 0. The van der Waals surface area contributed by atoms with Crippen molar-refractivity contribution in [3.8, 4) is 11.5 Å². The average Bonchev–Trinajstić information content (AvgIpc) is 3.22. The first-order valence-electron chi connectivity index (χ1n) is 8.76. The fourth-order valence-electron chi connectivity index (χ4n) is 2.81. The Morgan fingerprint density at radius 3 is 2.82 bits per heavy atom. The van der Waals surface area contributed by atoms with Gasteiger partial charge in [-0.3, -0.25) is 4.98 Å². The molecular formula is C20H17N5O3. The summed E-state index contributed by atoms with van der Waals surface area (Å²) in [5.41, 5.74) is 1.81. The van der Waals surface area contributed by atoms with Crippen LogP contribution in [0.5, 0.6) is 11.5 Å². The molecule has 0 amide bonds. The van der Waals surface area contributed by atoms with Gasteiger partial charge in [-0.05, 0) is 24.6 Å². The molecule has 140 valence electrons. The van der Waals surface area contributed by atoms with Crippen LogP contribution < -0.4 is 4.74 Å². The van der Waals surface area contributed by atoms with Gasteiger partial charge in [0.15, 0.2) is 0 Å². The monoisotopic (exact) mass is 375 g/mol. The minimum atomic E-state index is -0.474.